The van der Waals surface area contributed by atoms with Gasteiger partial charge in [-0.25, -0.2) is 0 Å². The topological polar surface area (TPSA) is 39.9 Å². The quantitative estimate of drug-likeness (QED) is 0.348. The maximum Gasteiger partial charge on any atom is 0.416 e. The van der Waals surface area contributed by atoms with Gasteiger partial charge in [-0.2, -0.15) is 13.2 Å². The summed E-state index contributed by atoms with van der Waals surface area (Å²) in [6, 6.07) is 9.08. The third-order valence-electron chi connectivity index (χ3n) is 4.77. The molecule has 4 nitrogen and oxygen atoms in total. The minimum absolute atomic E-state index is 0.354. The van der Waals surface area contributed by atoms with Gasteiger partial charge >= 0.3 is 6.18 Å². The number of alkyl halides is 3. The lowest BCUT2D eigenvalue weighted by Crippen LogP contribution is -2.12. The van der Waals surface area contributed by atoms with Crippen molar-refractivity contribution in [1.82, 2.24) is 14.8 Å². The summed E-state index contributed by atoms with van der Waals surface area (Å²) in [4.78, 5) is 0. The van der Waals surface area contributed by atoms with Crippen molar-refractivity contribution in [2.24, 2.45) is 0 Å². The Hall–Kier alpha value is -2.19. The number of aryl methyl sites for hydroxylation is 2. The number of aromatic nitrogens is 3. The summed E-state index contributed by atoms with van der Waals surface area (Å²) in [5.74, 6) is 1.70. The molecule has 0 aliphatic heterocycles. The second-order valence-electron chi connectivity index (χ2n) is 7.20. The van der Waals surface area contributed by atoms with E-state index in [9.17, 15) is 13.2 Å². The van der Waals surface area contributed by atoms with E-state index in [-0.39, 0.29) is 6.10 Å². The molecule has 0 fully saturated rings. The van der Waals surface area contributed by atoms with Crippen molar-refractivity contribution < 1.29 is 17.9 Å². The standard InChI is InChI=1S/C22H23ClF3N3OS/c1-5-29-20(15(4)30-18-9-13(2)19(23)14(3)10-18)27-28-21(29)31-12-16-7-6-8-17(11-16)22(24,25)26/h6-11,15H,5,12H2,1-4H3. The van der Waals surface area contributed by atoms with Crippen LogP contribution in [0.25, 0.3) is 0 Å². The lowest BCUT2D eigenvalue weighted by atomic mass is 10.1. The van der Waals surface area contributed by atoms with Crippen LogP contribution in [-0.4, -0.2) is 14.8 Å². The fraction of sp³-hybridized carbons (Fsp3) is 0.364. The minimum Gasteiger partial charge on any atom is -0.483 e. The van der Waals surface area contributed by atoms with Crippen molar-refractivity contribution in [3.05, 3.63) is 69.5 Å². The fourth-order valence-electron chi connectivity index (χ4n) is 3.22. The zero-order chi connectivity index (χ0) is 22.8. The van der Waals surface area contributed by atoms with Gasteiger partial charge in [0.05, 0.1) is 5.56 Å². The second kappa shape index (κ2) is 9.53. The molecule has 1 aromatic heterocycles. The Bertz CT molecular complexity index is 1050. The first-order chi connectivity index (χ1) is 14.6. The van der Waals surface area contributed by atoms with Crippen LogP contribution in [0.1, 0.15) is 48.0 Å². The molecule has 0 spiro atoms. The van der Waals surface area contributed by atoms with Crippen LogP contribution >= 0.6 is 23.4 Å². The van der Waals surface area contributed by atoms with E-state index in [1.54, 1.807) is 6.07 Å². The maximum absolute atomic E-state index is 12.9. The SMILES string of the molecule is CCn1c(SCc2cccc(C(F)(F)F)c2)nnc1C(C)Oc1cc(C)c(Cl)c(C)c1. The maximum atomic E-state index is 12.9. The summed E-state index contributed by atoms with van der Waals surface area (Å²) in [7, 11) is 0. The van der Waals surface area contributed by atoms with Gasteiger partial charge in [0, 0.05) is 17.3 Å². The molecule has 0 saturated carbocycles. The number of hydrogen-bond donors (Lipinski definition) is 0. The number of rotatable bonds is 7. The number of nitrogens with zero attached hydrogens (tertiary/aromatic N) is 3. The van der Waals surface area contributed by atoms with Gasteiger partial charge in [0.15, 0.2) is 17.1 Å². The van der Waals surface area contributed by atoms with Crippen LogP contribution in [0.15, 0.2) is 41.6 Å². The highest BCUT2D eigenvalue weighted by Gasteiger charge is 2.30. The van der Waals surface area contributed by atoms with E-state index < -0.39 is 11.7 Å². The molecular formula is C22H23ClF3N3OS. The van der Waals surface area contributed by atoms with E-state index >= 15 is 0 Å². The first-order valence-corrected chi connectivity index (χ1v) is 11.1. The molecule has 0 radical (unpaired) electrons. The van der Waals surface area contributed by atoms with E-state index in [1.165, 1.54) is 17.8 Å². The highest BCUT2D eigenvalue weighted by molar-refractivity contribution is 7.98. The monoisotopic (exact) mass is 469 g/mol. The van der Waals surface area contributed by atoms with E-state index in [0.29, 0.717) is 39.6 Å². The van der Waals surface area contributed by atoms with Crippen LogP contribution in [0.3, 0.4) is 0 Å². The number of thioether (sulfide) groups is 1. The molecule has 0 aliphatic rings. The molecule has 0 bridgehead atoms. The summed E-state index contributed by atoms with van der Waals surface area (Å²) in [6.45, 7) is 8.30. The molecule has 31 heavy (non-hydrogen) atoms. The van der Waals surface area contributed by atoms with Gasteiger partial charge in [0.2, 0.25) is 0 Å². The molecule has 0 amide bonds. The smallest absolute Gasteiger partial charge is 0.416 e. The van der Waals surface area contributed by atoms with E-state index in [4.69, 9.17) is 16.3 Å². The van der Waals surface area contributed by atoms with Crippen molar-refractivity contribution in [2.75, 3.05) is 0 Å². The molecule has 1 heterocycles. The largest absolute Gasteiger partial charge is 0.483 e. The van der Waals surface area contributed by atoms with E-state index in [0.717, 1.165) is 23.3 Å². The van der Waals surface area contributed by atoms with E-state index in [2.05, 4.69) is 10.2 Å². The fourth-order valence-corrected chi connectivity index (χ4v) is 4.28. The van der Waals surface area contributed by atoms with Crippen LogP contribution < -0.4 is 4.74 Å². The zero-order valence-corrected chi connectivity index (χ0v) is 19.2. The normalized spacial score (nSPS) is 12.8. The van der Waals surface area contributed by atoms with Crippen LogP contribution in [0, 0.1) is 13.8 Å². The average molecular weight is 470 g/mol. The first-order valence-electron chi connectivity index (χ1n) is 9.75. The third-order valence-corrected chi connectivity index (χ3v) is 6.40. The highest BCUT2D eigenvalue weighted by atomic mass is 35.5. The number of hydrogen-bond acceptors (Lipinski definition) is 4. The molecule has 166 valence electrons. The highest BCUT2D eigenvalue weighted by Crippen LogP contribution is 2.32. The van der Waals surface area contributed by atoms with Gasteiger partial charge in [-0.1, -0.05) is 41.6 Å². The predicted octanol–water partition coefficient (Wildman–Crippen LogP) is 7.02. The van der Waals surface area contributed by atoms with Crippen molar-refractivity contribution in [2.45, 2.75) is 57.4 Å². The second-order valence-corrected chi connectivity index (χ2v) is 8.52. The Morgan fingerprint density at radius 3 is 2.42 bits per heavy atom. The summed E-state index contributed by atoms with van der Waals surface area (Å²) in [6.07, 6.45) is -4.72. The van der Waals surface area contributed by atoms with Gasteiger partial charge in [0.25, 0.3) is 0 Å². The number of halogens is 4. The molecule has 0 aliphatic carbocycles. The number of ether oxygens (including phenoxy) is 1. The van der Waals surface area contributed by atoms with Crippen molar-refractivity contribution in [3.63, 3.8) is 0 Å². The van der Waals surface area contributed by atoms with E-state index in [1.807, 2.05) is 44.4 Å². The van der Waals surface area contributed by atoms with Crippen molar-refractivity contribution in [3.8, 4) is 5.75 Å². The van der Waals surface area contributed by atoms with Crippen molar-refractivity contribution >= 4 is 23.4 Å². The Balaban J connectivity index is 1.75. The van der Waals surface area contributed by atoms with Gasteiger partial charge in [0.1, 0.15) is 5.75 Å². The zero-order valence-electron chi connectivity index (χ0n) is 17.6. The third kappa shape index (κ3) is 5.54. The van der Waals surface area contributed by atoms with Gasteiger partial charge < -0.3 is 9.30 Å². The Labute approximate surface area is 188 Å². The van der Waals surface area contributed by atoms with Crippen molar-refractivity contribution in [1.29, 1.82) is 0 Å². The summed E-state index contributed by atoms with van der Waals surface area (Å²) in [5.41, 5.74) is 1.78. The summed E-state index contributed by atoms with van der Waals surface area (Å²) < 4.78 is 46.8. The molecule has 2 aromatic carbocycles. The summed E-state index contributed by atoms with van der Waals surface area (Å²) in [5, 5.41) is 9.86. The minimum atomic E-state index is -4.36. The molecule has 1 atom stereocenters. The lowest BCUT2D eigenvalue weighted by Gasteiger charge is -2.17. The van der Waals surface area contributed by atoms with Crippen LogP contribution in [0.2, 0.25) is 5.02 Å². The molecule has 9 heteroatoms. The van der Waals surface area contributed by atoms with Gasteiger partial charge in [-0.05, 0) is 62.6 Å². The Morgan fingerprint density at radius 1 is 1.13 bits per heavy atom. The Morgan fingerprint density at radius 2 is 1.81 bits per heavy atom. The van der Waals surface area contributed by atoms with Gasteiger partial charge in [-0.15, -0.1) is 10.2 Å². The summed E-state index contributed by atoms with van der Waals surface area (Å²) >= 11 is 7.57. The van der Waals surface area contributed by atoms with Crippen LogP contribution in [-0.2, 0) is 18.5 Å². The Kier molecular flexibility index (Phi) is 7.21. The average Bonchev–Trinajstić information content (AvgIpc) is 3.13. The van der Waals surface area contributed by atoms with Gasteiger partial charge in [-0.3, -0.25) is 0 Å². The van der Waals surface area contributed by atoms with Crippen LogP contribution in [0.5, 0.6) is 5.75 Å². The molecular weight excluding hydrogens is 447 g/mol. The molecule has 0 N–H and O–H groups in total. The molecule has 3 aromatic rings. The van der Waals surface area contributed by atoms with Crippen LogP contribution in [0.4, 0.5) is 13.2 Å². The number of benzene rings is 2. The predicted molar refractivity (Wildman–Crippen MR) is 117 cm³/mol. The lowest BCUT2D eigenvalue weighted by molar-refractivity contribution is -0.137. The molecule has 3 rings (SSSR count). The first kappa shape index (κ1) is 23.5. The molecule has 1 unspecified atom stereocenters. The molecule has 0 saturated heterocycles.